The lowest BCUT2D eigenvalue weighted by Gasteiger charge is -2.22. The van der Waals surface area contributed by atoms with E-state index in [1.165, 1.54) is 11.8 Å². The minimum atomic E-state index is -0.124. The molecule has 0 spiro atoms. The molecule has 2 atom stereocenters. The summed E-state index contributed by atoms with van der Waals surface area (Å²) < 4.78 is 0. The number of hydrogen-bond donors (Lipinski definition) is 0. The first-order valence-electron chi connectivity index (χ1n) is 6.27. The monoisotopic (exact) mass is 264 g/mol. The van der Waals surface area contributed by atoms with Gasteiger partial charge in [0.05, 0.1) is 0 Å². The van der Waals surface area contributed by atoms with Gasteiger partial charge in [0.1, 0.15) is 5.78 Å². The summed E-state index contributed by atoms with van der Waals surface area (Å²) in [5, 5.41) is 0.174. The van der Waals surface area contributed by atoms with Gasteiger partial charge < -0.3 is 4.79 Å². The van der Waals surface area contributed by atoms with Crippen LogP contribution in [0.4, 0.5) is 0 Å². The first-order chi connectivity index (χ1) is 8.56. The lowest BCUT2D eigenvalue weighted by Crippen LogP contribution is -2.19. The molecule has 0 radical (unpaired) electrons. The van der Waals surface area contributed by atoms with Gasteiger partial charge >= 0.3 is 0 Å². The molecule has 0 amide bonds. The molecule has 1 aromatic carbocycles. The average Bonchev–Trinajstić information content (AvgIpc) is 2.36. The Bertz CT molecular complexity index is 400. The molecule has 1 rings (SSSR count). The second-order valence-corrected chi connectivity index (χ2v) is 5.73. The standard InChI is InChI=1S/C15H20O2S/c1-4-18-15(17)12(3)14(10-11(2)16)13-8-6-5-7-9-13/h5-9,12,14H,4,10H2,1-3H3/t12-,14+/m0/s1. The maximum atomic E-state index is 12.0. The molecule has 2 nitrogen and oxygen atoms in total. The SMILES string of the molecule is CCSC(=O)[C@@H](C)[C@@H](CC(C)=O)c1ccccc1. The van der Waals surface area contributed by atoms with Gasteiger partial charge in [0.15, 0.2) is 5.12 Å². The molecule has 98 valence electrons. The van der Waals surface area contributed by atoms with Crippen LogP contribution < -0.4 is 0 Å². The Hall–Kier alpha value is -1.09. The summed E-state index contributed by atoms with van der Waals surface area (Å²) in [6, 6.07) is 9.84. The predicted molar refractivity (Wildman–Crippen MR) is 76.8 cm³/mol. The summed E-state index contributed by atoms with van der Waals surface area (Å²) in [6.07, 6.45) is 0.432. The highest BCUT2D eigenvalue weighted by atomic mass is 32.2. The zero-order valence-electron chi connectivity index (χ0n) is 11.2. The molecule has 0 saturated heterocycles. The van der Waals surface area contributed by atoms with Crippen LogP contribution in [-0.4, -0.2) is 16.7 Å². The summed E-state index contributed by atoms with van der Waals surface area (Å²) in [4.78, 5) is 23.4. The molecular formula is C15H20O2S. The van der Waals surface area contributed by atoms with Gasteiger partial charge in [-0.05, 0) is 18.2 Å². The number of rotatable bonds is 6. The highest BCUT2D eigenvalue weighted by Crippen LogP contribution is 2.31. The predicted octanol–water partition coefficient (Wildman–Crippen LogP) is 3.67. The Morgan fingerprint density at radius 3 is 2.33 bits per heavy atom. The van der Waals surface area contributed by atoms with Crippen LogP contribution in [0.15, 0.2) is 30.3 Å². The third-order valence-electron chi connectivity index (χ3n) is 3.00. The van der Waals surface area contributed by atoms with Crippen LogP contribution in [0.3, 0.4) is 0 Å². The summed E-state index contributed by atoms with van der Waals surface area (Å²) >= 11 is 1.34. The lowest BCUT2D eigenvalue weighted by molar-refractivity contribution is -0.118. The normalized spacial score (nSPS) is 13.9. The van der Waals surface area contributed by atoms with E-state index in [4.69, 9.17) is 0 Å². The highest BCUT2D eigenvalue weighted by Gasteiger charge is 2.26. The van der Waals surface area contributed by atoms with E-state index in [-0.39, 0.29) is 22.7 Å². The van der Waals surface area contributed by atoms with Gasteiger partial charge in [-0.3, -0.25) is 4.79 Å². The van der Waals surface area contributed by atoms with E-state index in [0.717, 1.165) is 11.3 Å². The molecule has 0 aliphatic heterocycles. The molecule has 0 bridgehead atoms. The maximum Gasteiger partial charge on any atom is 0.192 e. The molecule has 0 fully saturated rings. The molecule has 0 aromatic heterocycles. The fraction of sp³-hybridized carbons (Fsp3) is 0.467. The third-order valence-corrected chi connectivity index (χ3v) is 3.94. The summed E-state index contributed by atoms with van der Waals surface area (Å²) in [5.74, 6) is 0.784. The van der Waals surface area contributed by atoms with E-state index in [1.54, 1.807) is 6.92 Å². The van der Waals surface area contributed by atoms with Crippen LogP contribution in [0, 0.1) is 5.92 Å². The van der Waals surface area contributed by atoms with Crippen molar-refractivity contribution in [2.45, 2.75) is 33.1 Å². The van der Waals surface area contributed by atoms with Crippen molar-refractivity contribution in [1.29, 1.82) is 0 Å². The van der Waals surface area contributed by atoms with E-state index >= 15 is 0 Å². The average molecular weight is 264 g/mol. The molecule has 1 aromatic rings. The molecule has 18 heavy (non-hydrogen) atoms. The van der Waals surface area contributed by atoms with Gasteiger partial charge in [-0.2, -0.15) is 0 Å². The second-order valence-electron chi connectivity index (χ2n) is 4.46. The van der Waals surface area contributed by atoms with E-state index in [9.17, 15) is 9.59 Å². The fourth-order valence-electron chi connectivity index (χ4n) is 2.03. The van der Waals surface area contributed by atoms with Gasteiger partial charge in [-0.1, -0.05) is 55.9 Å². The fourth-order valence-corrected chi connectivity index (χ4v) is 2.74. The van der Waals surface area contributed by atoms with Crippen LogP contribution in [0.1, 0.15) is 38.7 Å². The van der Waals surface area contributed by atoms with Crippen molar-refractivity contribution in [3.05, 3.63) is 35.9 Å². The van der Waals surface area contributed by atoms with Gasteiger partial charge in [0, 0.05) is 18.3 Å². The molecule has 0 aliphatic rings. The number of carbonyl (C=O) groups is 2. The summed E-state index contributed by atoms with van der Waals surface area (Å²) in [6.45, 7) is 5.48. The molecule has 0 saturated carbocycles. The molecule has 0 heterocycles. The first-order valence-corrected chi connectivity index (χ1v) is 7.25. The van der Waals surface area contributed by atoms with Crippen LogP contribution in [0.5, 0.6) is 0 Å². The number of carbonyl (C=O) groups excluding carboxylic acids is 2. The molecule has 3 heteroatoms. The summed E-state index contributed by atoms with van der Waals surface area (Å²) in [7, 11) is 0. The molecular weight excluding hydrogens is 244 g/mol. The third kappa shape index (κ3) is 4.30. The maximum absolute atomic E-state index is 12.0. The van der Waals surface area contributed by atoms with E-state index in [1.807, 2.05) is 44.2 Å². The zero-order valence-corrected chi connectivity index (χ0v) is 12.0. The second kappa shape index (κ2) is 7.37. The van der Waals surface area contributed by atoms with Gasteiger partial charge in [0.2, 0.25) is 0 Å². The Morgan fingerprint density at radius 2 is 1.83 bits per heavy atom. The molecule has 0 N–H and O–H groups in total. The smallest absolute Gasteiger partial charge is 0.192 e. The Morgan fingerprint density at radius 1 is 1.22 bits per heavy atom. The van der Waals surface area contributed by atoms with Crippen molar-refractivity contribution in [3.8, 4) is 0 Å². The van der Waals surface area contributed by atoms with Crippen LogP contribution in [0.2, 0.25) is 0 Å². The Labute approximate surface area is 113 Å². The lowest BCUT2D eigenvalue weighted by atomic mass is 9.84. The van der Waals surface area contributed by atoms with Crippen molar-refractivity contribution in [2.24, 2.45) is 5.92 Å². The zero-order chi connectivity index (χ0) is 13.5. The van der Waals surface area contributed by atoms with E-state index in [2.05, 4.69) is 0 Å². The van der Waals surface area contributed by atoms with Gasteiger partial charge in [0.25, 0.3) is 0 Å². The minimum Gasteiger partial charge on any atom is -0.300 e. The van der Waals surface area contributed by atoms with Crippen LogP contribution >= 0.6 is 11.8 Å². The van der Waals surface area contributed by atoms with E-state index < -0.39 is 0 Å². The topological polar surface area (TPSA) is 34.1 Å². The molecule has 0 aliphatic carbocycles. The largest absolute Gasteiger partial charge is 0.300 e. The van der Waals surface area contributed by atoms with Crippen molar-refractivity contribution in [1.82, 2.24) is 0 Å². The first kappa shape index (κ1) is 15.0. The number of ketones is 1. The van der Waals surface area contributed by atoms with Crippen molar-refractivity contribution in [3.63, 3.8) is 0 Å². The number of benzene rings is 1. The van der Waals surface area contributed by atoms with Gasteiger partial charge in [-0.15, -0.1) is 0 Å². The van der Waals surface area contributed by atoms with Crippen molar-refractivity contribution >= 4 is 22.7 Å². The van der Waals surface area contributed by atoms with Crippen molar-refractivity contribution < 1.29 is 9.59 Å². The van der Waals surface area contributed by atoms with Crippen molar-refractivity contribution in [2.75, 3.05) is 5.75 Å². The minimum absolute atomic E-state index is 0.00440. The van der Waals surface area contributed by atoms with E-state index in [0.29, 0.717) is 6.42 Å². The van der Waals surface area contributed by atoms with Gasteiger partial charge in [-0.25, -0.2) is 0 Å². The number of Topliss-reactive ketones (excluding diaryl/α,β-unsaturated/α-hetero) is 1. The number of thioether (sulfide) groups is 1. The van der Waals surface area contributed by atoms with Crippen LogP contribution in [0.25, 0.3) is 0 Å². The number of hydrogen-bond acceptors (Lipinski definition) is 3. The Balaban J connectivity index is 2.91. The Kier molecular flexibility index (Phi) is 6.13. The molecule has 0 unspecified atom stereocenters. The quantitative estimate of drug-likeness (QED) is 0.786. The van der Waals surface area contributed by atoms with Crippen LogP contribution in [-0.2, 0) is 9.59 Å². The highest BCUT2D eigenvalue weighted by molar-refractivity contribution is 8.13. The summed E-state index contributed by atoms with van der Waals surface area (Å²) in [5.41, 5.74) is 1.07.